The van der Waals surface area contributed by atoms with Crippen LogP contribution in [-0.2, 0) is 9.59 Å². The van der Waals surface area contributed by atoms with Gasteiger partial charge in [-0.25, -0.2) is 0 Å². The van der Waals surface area contributed by atoms with Crippen LogP contribution in [0.1, 0.15) is 23.5 Å². The molecule has 0 saturated carbocycles. The van der Waals surface area contributed by atoms with E-state index in [1.807, 2.05) is 54.3 Å². The molecule has 0 aromatic heterocycles. The van der Waals surface area contributed by atoms with Gasteiger partial charge in [-0.15, -0.1) is 0 Å². The Hall–Kier alpha value is -2.66. The lowest BCUT2D eigenvalue weighted by atomic mass is 9.89. The number of amides is 2. The van der Waals surface area contributed by atoms with Gasteiger partial charge in [0.05, 0.1) is 5.92 Å². The summed E-state index contributed by atoms with van der Waals surface area (Å²) < 4.78 is 0. The maximum absolute atomic E-state index is 13.2. The number of benzene rings is 2. The van der Waals surface area contributed by atoms with E-state index in [0.717, 1.165) is 11.3 Å². The van der Waals surface area contributed by atoms with Crippen LogP contribution in [0.3, 0.4) is 0 Å². The van der Waals surface area contributed by atoms with Crippen LogP contribution in [-0.4, -0.2) is 42.9 Å². The number of nitrogens with two attached hydrogens (primary N) is 1. The monoisotopic (exact) mass is 377 g/mol. The van der Waals surface area contributed by atoms with Crippen LogP contribution in [0.2, 0.25) is 0 Å². The summed E-state index contributed by atoms with van der Waals surface area (Å²) in [6.45, 7) is 4.39. The van der Waals surface area contributed by atoms with Crippen LogP contribution in [0.4, 0.5) is 5.69 Å². The summed E-state index contributed by atoms with van der Waals surface area (Å²) in [6, 6.07) is 18.2. The van der Waals surface area contributed by atoms with Crippen molar-refractivity contribution in [3.05, 3.63) is 65.7 Å². The van der Waals surface area contributed by atoms with Gasteiger partial charge in [0.25, 0.3) is 0 Å². The first-order chi connectivity index (χ1) is 13.6. The SMILES string of the molecule is Cc1ccc(N2CC(C(=O)N3C[C@@H](CN)[C@H](c4ccccc4)C3)CC2=O)cc1. The Balaban J connectivity index is 1.46. The fourth-order valence-corrected chi connectivity index (χ4v) is 4.47. The summed E-state index contributed by atoms with van der Waals surface area (Å²) in [5, 5.41) is 0. The fourth-order valence-electron chi connectivity index (χ4n) is 4.47. The molecule has 2 saturated heterocycles. The third-order valence-electron chi connectivity index (χ3n) is 6.10. The van der Waals surface area contributed by atoms with Crippen LogP contribution in [0.15, 0.2) is 54.6 Å². The molecule has 2 aliphatic heterocycles. The first-order valence-electron chi connectivity index (χ1n) is 9.97. The number of anilines is 1. The van der Waals surface area contributed by atoms with Gasteiger partial charge in [-0.05, 0) is 37.1 Å². The first-order valence-corrected chi connectivity index (χ1v) is 9.97. The van der Waals surface area contributed by atoms with E-state index in [-0.39, 0.29) is 36.0 Å². The van der Waals surface area contributed by atoms with Crippen molar-refractivity contribution < 1.29 is 9.59 Å². The number of aryl methyl sites for hydroxylation is 1. The second kappa shape index (κ2) is 7.76. The summed E-state index contributed by atoms with van der Waals surface area (Å²) in [7, 11) is 0. The molecule has 146 valence electrons. The van der Waals surface area contributed by atoms with Crippen molar-refractivity contribution in [1.82, 2.24) is 4.90 Å². The number of carbonyl (C=O) groups excluding carboxylic acids is 2. The molecule has 4 rings (SSSR count). The van der Waals surface area contributed by atoms with E-state index in [0.29, 0.717) is 26.2 Å². The highest BCUT2D eigenvalue weighted by Crippen LogP contribution is 2.34. The average molecular weight is 377 g/mol. The van der Waals surface area contributed by atoms with Gasteiger partial charge in [0.1, 0.15) is 0 Å². The molecular formula is C23H27N3O2. The Labute approximate surface area is 166 Å². The molecule has 2 aromatic rings. The zero-order chi connectivity index (χ0) is 19.7. The molecule has 3 atom stereocenters. The van der Waals surface area contributed by atoms with Crippen molar-refractivity contribution in [1.29, 1.82) is 0 Å². The van der Waals surface area contributed by atoms with Crippen molar-refractivity contribution in [3.8, 4) is 0 Å². The van der Waals surface area contributed by atoms with Gasteiger partial charge in [-0.1, -0.05) is 48.0 Å². The highest BCUT2D eigenvalue weighted by atomic mass is 16.2. The van der Waals surface area contributed by atoms with Gasteiger partial charge >= 0.3 is 0 Å². The normalized spacial score (nSPS) is 24.8. The van der Waals surface area contributed by atoms with E-state index < -0.39 is 0 Å². The van der Waals surface area contributed by atoms with Crippen molar-refractivity contribution >= 4 is 17.5 Å². The molecular weight excluding hydrogens is 350 g/mol. The first kappa shape index (κ1) is 18.7. The maximum Gasteiger partial charge on any atom is 0.228 e. The number of carbonyl (C=O) groups is 2. The number of rotatable bonds is 4. The van der Waals surface area contributed by atoms with Gasteiger partial charge in [-0.3, -0.25) is 9.59 Å². The number of nitrogens with zero attached hydrogens (tertiary/aromatic N) is 2. The van der Waals surface area contributed by atoms with Crippen molar-refractivity contribution in [2.45, 2.75) is 19.3 Å². The Morgan fingerprint density at radius 2 is 1.75 bits per heavy atom. The van der Waals surface area contributed by atoms with E-state index in [9.17, 15) is 9.59 Å². The zero-order valence-corrected chi connectivity index (χ0v) is 16.3. The Kier molecular flexibility index (Phi) is 5.18. The summed E-state index contributed by atoms with van der Waals surface area (Å²) in [5.41, 5.74) is 9.27. The lowest BCUT2D eigenvalue weighted by Crippen LogP contribution is -2.36. The predicted molar refractivity (Wildman–Crippen MR) is 110 cm³/mol. The molecule has 5 heteroatoms. The van der Waals surface area contributed by atoms with Crippen molar-refractivity contribution in [2.75, 3.05) is 31.1 Å². The molecule has 28 heavy (non-hydrogen) atoms. The van der Waals surface area contributed by atoms with Crippen LogP contribution in [0.25, 0.3) is 0 Å². The summed E-state index contributed by atoms with van der Waals surface area (Å²) in [6.07, 6.45) is 0.284. The van der Waals surface area contributed by atoms with E-state index in [2.05, 4.69) is 12.1 Å². The van der Waals surface area contributed by atoms with Gasteiger partial charge in [0, 0.05) is 37.7 Å². The minimum atomic E-state index is -0.276. The summed E-state index contributed by atoms with van der Waals surface area (Å²) in [4.78, 5) is 29.4. The van der Waals surface area contributed by atoms with E-state index in [1.165, 1.54) is 5.56 Å². The molecule has 0 spiro atoms. The third-order valence-corrected chi connectivity index (χ3v) is 6.10. The zero-order valence-electron chi connectivity index (χ0n) is 16.3. The molecule has 1 unspecified atom stereocenters. The number of hydrogen-bond donors (Lipinski definition) is 1. The van der Waals surface area contributed by atoms with Crippen molar-refractivity contribution in [2.24, 2.45) is 17.6 Å². The molecule has 2 heterocycles. The lowest BCUT2D eigenvalue weighted by molar-refractivity contribution is -0.134. The largest absolute Gasteiger partial charge is 0.341 e. The molecule has 0 bridgehead atoms. The van der Waals surface area contributed by atoms with Gasteiger partial charge in [0.15, 0.2) is 0 Å². The Bertz CT molecular complexity index is 850. The minimum Gasteiger partial charge on any atom is -0.341 e. The molecule has 2 aromatic carbocycles. The lowest BCUT2D eigenvalue weighted by Gasteiger charge is -2.21. The quantitative estimate of drug-likeness (QED) is 0.890. The highest BCUT2D eigenvalue weighted by Gasteiger charge is 2.41. The summed E-state index contributed by atoms with van der Waals surface area (Å²) in [5.74, 6) is 0.357. The molecule has 2 fully saturated rings. The van der Waals surface area contributed by atoms with E-state index >= 15 is 0 Å². The maximum atomic E-state index is 13.2. The second-order valence-electron chi connectivity index (χ2n) is 8.00. The number of likely N-dealkylation sites (tertiary alicyclic amines) is 1. The standard InChI is InChI=1S/C23H27N3O2/c1-16-7-9-20(10-8-16)26-14-18(11-22(26)27)23(28)25-13-19(12-24)21(15-25)17-5-3-2-4-6-17/h2-10,18-19,21H,11-15,24H2,1H3/t18?,19-,21+/m1/s1. The predicted octanol–water partition coefficient (Wildman–Crippen LogP) is 2.55. The molecule has 0 aliphatic carbocycles. The fraction of sp³-hybridized carbons (Fsp3) is 0.391. The molecule has 0 radical (unpaired) electrons. The highest BCUT2D eigenvalue weighted by molar-refractivity contribution is 6.00. The van der Waals surface area contributed by atoms with Crippen LogP contribution >= 0.6 is 0 Å². The topological polar surface area (TPSA) is 66.6 Å². The molecule has 5 nitrogen and oxygen atoms in total. The minimum absolute atomic E-state index is 0.0244. The average Bonchev–Trinajstić information content (AvgIpc) is 3.32. The van der Waals surface area contributed by atoms with Crippen molar-refractivity contribution in [3.63, 3.8) is 0 Å². The molecule has 2 amide bonds. The van der Waals surface area contributed by atoms with Crippen LogP contribution < -0.4 is 10.6 Å². The Morgan fingerprint density at radius 3 is 2.43 bits per heavy atom. The molecule has 2 aliphatic rings. The van der Waals surface area contributed by atoms with Gasteiger partial charge < -0.3 is 15.5 Å². The van der Waals surface area contributed by atoms with E-state index in [1.54, 1.807) is 4.90 Å². The van der Waals surface area contributed by atoms with Gasteiger partial charge in [0.2, 0.25) is 11.8 Å². The number of hydrogen-bond acceptors (Lipinski definition) is 3. The van der Waals surface area contributed by atoms with Gasteiger partial charge in [-0.2, -0.15) is 0 Å². The van der Waals surface area contributed by atoms with E-state index in [4.69, 9.17) is 5.73 Å². The third kappa shape index (κ3) is 3.54. The van der Waals surface area contributed by atoms with Crippen LogP contribution in [0, 0.1) is 18.8 Å². The summed E-state index contributed by atoms with van der Waals surface area (Å²) >= 11 is 0. The molecule has 2 N–H and O–H groups in total. The smallest absolute Gasteiger partial charge is 0.228 e. The van der Waals surface area contributed by atoms with Crippen LogP contribution in [0.5, 0.6) is 0 Å². The second-order valence-corrected chi connectivity index (χ2v) is 8.00. The Morgan fingerprint density at radius 1 is 1.04 bits per heavy atom.